The topological polar surface area (TPSA) is 97.6 Å². The number of halogens is 3. The number of nitrogens with zero attached hydrogens (tertiary/aromatic N) is 4. The van der Waals surface area contributed by atoms with Crippen LogP contribution in [0.3, 0.4) is 0 Å². The van der Waals surface area contributed by atoms with E-state index < -0.39 is 17.8 Å². The van der Waals surface area contributed by atoms with Crippen LogP contribution < -0.4 is 5.73 Å². The standard InChI is InChI=1S/C13H12F3N3.C11H10N2O/c14-13(15,16)12-7-9(4-5-17-12)11-8-10-3-1-2-6-19(10)18-11;12-6-7-3-9(8-1-2-8)5-10(4-7)11(13)14/h4-5,7-8H,1-3,6H2;3-5,8H,1-2H2,(H2,13,14). The second kappa shape index (κ2) is 9.06. The smallest absolute Gasteiger partial charge is 0.366 e. The number of hydrogen-bond donors (Lipinski definition) is 1. The van der Waals surface area contributed by atoms with Crippen LogP contribution in [0.25, 0.3) is 11.3 Å². The Morgan fingerprint density at radius 3 is 2.58 bits per heavy atom. The van der Waals surface area contributed by atoms with Gasteiger partial charge in [-0.25, -0.2) is 0 Å². The highest BCUT2D eigenvalue weighted by atomic mass is 19.4. The van der Waals surface area contributed by atoms with Gasteiger partial charge in [0.05, 0.1) is 17.3 Å². The maximum atomic E-state index is 12.6. The first-order valence-electron chi connectivity index (χ1n) is 10.7. The van der Waals surface area contributed by atoms with E-state index in [0.717, 1.165) is 56.0 Å². The molecule has 2 aliphatic rings. The van der Waals surface area contributed by atoms with E-state index in [4.69, 9.17) is 11.0 Å². The van der Waals surface area contributed by atoms with Gasteiger partial charge in [-0.3, -0.25) is 14.5 Å². The number of hydrogen-bond acceptors (Lipinski definition) is 4. The van der Waals surface area contributed by atoms with E-state index in [1.54, 1.807) is 12.1 Å². The Morgan fingerprint density at radius 1 is 1.15 bits per heavy atom. The number of carbonyl (C=O) groups excluding carboxylic acids is 1. The third kappa shape index (κ3) is 5.40. The molecule has 0 unspecified atom stereocenters. The number of alkyl halides is 3. The average Bonchev–Trinajstić information content (AvgIpc) is 3.57. The lowest BCUT2D eigenvalue weighted by Gasteiger charge is -2.11. The Morgan fingerprint density at radius 2 is 1.94 bits per heavy atom. The van der Waals surface area contributed by atoms with Crippen LogP contribution in [0.5, 0.6) is 0 Å². The predicted molar refractivity (Wildman–Crippen MR) is 115 cm³/mol. The quantitative estimate of drug-likeness (QED) is 0.614. The molecular formula is C24H22F3N5O. The number of benzene rings is 1. The minimum Gasteiger partial charge on any atom is -0.366 e. The first-order valence-corrected chi connectivity index (χ1v) is 10.7. The zero-order valence-electron chi connectivity index (χ0n) is 17.8. The van der Waals surface area contributed by atoms with Gasteiger partial charge >= 0.3 is 6.18 Å². The summed E-state index contributed by atoms with van der Waals surface area (Å²) in [4.78, 5) is 14.3. The largest absolute Gasteiger partial charge is 0.433 e. The number of amides is 1. The van der Waals surface area contributed by atoms with Crippen LogP contribution in [-0.2, 0) is 19.1 Å². The lowest BCUT2D eigenvalue weighted by atomic mass is 10.0. The number of nitriles is 1. The fourth-order valence-corrected chi connectivity index (χ4v) is 3.81. The van der Waals surface area contributed by atoms with Gasteiger partial charge in [0.15, 0.2) is 0 Å². The number of pyridine rings is 1. The number of fused-ring (bicyclic) bond motifs is 1. The van der Waals surface area contributed by atoms with Crippen molar-refractivity contribution in [3.05, 3.63) is 70.7 Å². The molecule has 33 heavy (non-hydrogen) atoms. The van der Waals surface area contributed by atoms with E-state index in [2.05, 4.69) is 10.1 Å². The molecule has 1 saturated carbocycles. The van der Waals surface area contributed by atoms with Crippen molar-refractivity contribution in [2.45, 2.75) is 50.7 Å². The molecule has 1 aromatic carbocycles. The number of aryl methyl sites for hydroxylation is 2. The number of aromatic nitrogens is 3. The zero-order chi connectivity index (χ0) is 23.6. The summed E-state index contributed by atoms with van der Waals surface area (Å²) in [6.45, 7) is 0.840. The van der Waals surface area contributed by atoms with E-state index >= 15 is 0 Å². The Hall–Kier alpha value is -3.67. The normalized spacial score (nSPS) is 15.1. The molecule has 0 saturated heterocycles. The summed E-state index contributed by atoms with van der Waals surface area (Å²) >= 11 is 0. The average molecular weight is 453 g/mol. The molecule has 9 heteroatoms. The van der Waals surface area contributed by atoms with E-state index in [0.29, 0.717) is 28.3 Å². The van der Waals surface area contributed by atoms with E-state index in [-0.39, 0.29) is 0 Å². The molecule has 2 aromatic heterocycles. The Labute approximate surface area is 188 Å². The lowest BCUT2D eigenvalue weighted by Crippen LogP contribution is -2.11. The highest BCUT2D eigenvalue weighted by Gasteiger charge is 2.32. The molecule has 170 valence electrons. The van der Waals surface area contributed by atoms with Crippen molar-refractivity contribution in [3.63, 3.8) is 0 Å². The van der Waals surface area contributed by atoms with Crippen LogP contribution in [0.15, 0.2) is 42.6 Å². The molecule has 1 amide bonds. The van der Waals surface area contributed by atoms with Crippen molar-refractivity contribution < 1.29 is 18.0 Å². The maximum absolute atomic E-state index is 12.6. The molecular weight excluding hydrogens is 431 g/mol. The Balaban J connectivity index is 0.000000165. The van der Waals surface area contributed by atoms with Crippen LogP contribution in [-0.4, -0.2) is 20.7 Å². The number of nitrogens with two attached hydrogens (primary N) is 1. The van der Waals surface area contributed by atoms with Crippen molar-refractivity contribution in [1.29, 1.82) is 5.26 Å². The molecule has 5 rings (SSSR count). The molecule has 1 aliphatic carbocycles. The monoisotopic (exact) mass is 453 g/mol. The van der Waals surface area contributed by atoms with Gasteiger partial charge < -0.3 is 5.73 Å². The summed E-state index contributed by atoms with van der Waals surface area (Å²) in [7, 11) is 0. The van der Waals surface area contributed by atoms with Crippen LogP contribution >= 0.6 is 0 Å². The molecule has 0 bridgehead atoms. The van der Waals surface area contributed by atoms with Crippen molar-refractivity contribution in [2.75, 3.05) is 0 Å². The SMILES string of the molecule is FC(F)(F)c1cc(-c2cc3n(n2)CCCC3)ccn1.N#Cc1cc(C(N)=O)cc(C2CC2)c1. The second-order valence-electron chi connectivity index (χ2n) is 8.22. The second-order valence-corrected chi connectivity index (χ2v) is 8.22. The maximum Gasteiger partial charge on any atom is 0.433 e. The predicted octanol–water partition coefficient (Wildman–Crippen LogP) is 4.83. The summed E-state index contributed by atoms with van der Waals surface area (Å²) in [5.41, 5.74) is 8.46. The van der Waals surface area contributed by atoms with Crippen LogP contribution in [0.4, 0.5) is 13.2 Å². The zero-order valence-corrected chi connectivity index (χ0v) is 17.8. The summed E-state index contributed by atoms with van der Waals surface area (Å²) in [6, 6.07) is 11.7. The molecule has 1 aliphatic heterocycles. The fourth-order valence-electron chi connectivity index (χ4n) is 3.81. The minimum absolute atomic E-state index is 0.436. The summed E-state index contributed by atoms with van der Waals surface area (Å²) in [5, 5.41) is 13.1. The molecule has 3 heterocycles. The first kappa shape index (κ1) is 22.5. The van der Waals surface area contributed by atoms with Gasteiger partial charge in [0, 0.05) is 29.6 Å². The summed E-state index contributed by atoms with van der Waals surface area (Å²) in [6.07, 6.45) is 2.16. The van der Waals surface area contributed by atoms with Crippen LogP contribution in [0, 0.1) is 11.3 Å². The molecule has 0 atom stereocenters. The summed E-state index contributed by atoms with van der Waals surface area (Å²) < 4.78 is 39.7. The fraction of sp³-hybridized carbons (Fsp3) is 0.333. The van der Waals surface area contributed by atoms with Crippen molar-refractivity contribution >= 4 is 5.91 Å². The third-order valence-electron chi connectivity index (χ3n) is 5.68. The van der Waals surface area contributed by atoms with Gasteiger partial charge in [-0.2, -0.15) is 23.5 Å². The highest BCUT2D eigenvalue weighted by Crippen LogP contribution is 2.40. The highest BCUT2D eigenvalue weighted by molar-refractivity contribution is 5.93. The number of rotatable bonds is 3. The van der Waals surface area contributed by atoms with E-state index in [1.807, 2.05) is 22.9 Å². The molecule has 6 nitrogen and oxygen atoms in total. The van der Waals surface area contributed by atoms with Gasteiger partial charge in [0.2, 0.25) is 5.91 Å². The van der Waals surface area contributed by atoms with Gasteiger partial charge in [0.1, 0.15) is 5.69 Å². The number of carbonyl (C=O) groups is 1. The van der Waals surface area contributed by atoms with Crippen molar-refractivity contribution in [3.8, 4) is 17.3 Å². The molecule has 2 N–H and O–H groups in total. The Bertz CT molecular complexity index is 1200. The van der Waals surface area contributed by atoms with Crippen LogP contribution in [0.2, 0.25) is 0 Å². The molecule has 0 radical (unpaired) electrons. The molecule has 3 aromatic rings. The van der Waals surface area contributed by atoms with Gasteiger partial charge in [0.25, 0.3) is 0 Å². The summed E-state index contributed by atoms with van der Waals surface area (Å²) in [5.74, 6) is 0.0606. The molecule has 1 fully saturated rings. The van der Waals surface area contributed by atoms with Crippen LogP contribution in [0.1, 0.15) is 64.5 Å². The van der Waals surface area contributed by atoms with Gasteiger partial charge in [-0.05, 0) is 80.0 Å². The van der Waals surface area contributed by atoms with Gasteiger partial charge in [-0.1, -0.05) is 0 Å². The molecule has 0 spiro atoms. The van der Waals surface area contributed by atoms with Crippen molar-refractivity contribution in [1.82, 2.24) is 14.8 Å². The third-order valence-corrected chi connectivity index (χ3v) is 5.68. The Kier molecular flexibility index (Phi) is 6.18. The van der Waals surface area contributed by atoms with Crippen molar-refractivity contribution in [2.24, 2.45) is 5.73 Å². The number of primary amides is 1. The minimum atomic E-state index is -4.42. The van der Waals surface area contributed by atoms with Gasteiger partial charge in [-0.15, -0.1) is 0 Å². The van der Waals surface area contributed by atoms with E-state index in [9.17, 15) is 18.0 Å². The lowest BCUT2D eigenvalue weighted by molar-refractivity contribution is -0.141. The first-order chi connectivity index (χ1) is 15.7. The van der Waals surface area contributed by atoms with E-state index in [1.165, 1.54) is 12.3 Å².